The quantitative estimate of drug-likeness (QED) is 0.464. The van der Waals surface area contributed by atoms with Crippen molar-refractivity contribution in [1.29, 1.82) is 0 Å². The summed E-state index contributed by atoms with van der Waals surface area (Å²) in [6, 6.07) is 4.49. The van der Waals surface area contributed by atoms with E-state index in [0.29, 0.717) is 18.0 Å². The van der Waals surface area contributed by atoms with Crippen molar-refractivity contribution in [2.45, 2.75) is 6.10 Å². The first-order valence-corrected chi connectivity index (χ1v) is 6.33. The molecule has 0 aromatic heterocycles. The number of rotatable bonds is 4. The predicted molar refractivity (Wildman–Crippen MR) is 73.6 cm³/mol. The van der Waals surface area contributed by atoms with Gasteiger partial charge in [0.25, 0.3) is 5.69 Å². The molecule has 1 heterocycles. The number of nitrogens with zero attached hydrogens (tertiary/aromatic N) is 2. The SMILES string of the molecule is COC(=O)C1CN(c2cc(OC)ccc2[N+](=O)[O-])CCO1. The zero-order valence-corrected chi connectivity index (χ0v) is 11.8. The second-order valence-electron chi connectivity index (χ2n) is 4.44. The van der Waals surface area contributed by atoms with Gasteiger partial charge in [-0.25, -0.2) is 4.79 Å². The molecule has 1 aliphatic rings. The van der Waals surface area contributed by atoms with Crippen molar-refractivity contribution in [3.05, 3.63) is 28.3 Å². The standard InChI is InChI=1S/C13H16N2O6/c1-19-9-3-4-10(15(17)18)11(7-9)14-5-6-21-12(8-14)13(16)20-2/h3-4,7,12H,5-6,8H2,1-2H3. The molecule has 0 aliphatic carbocycles. The lowest BCUT2D eigenvalue weighted by Crippen LogP contribution is -2.46. The van der Waals surface area contributed by atoms with Crippen LogP contribution in [0.2, 0.25) is 0 Å². The summed E-state index contributed by atoms with van der Waals surface area (Å²) in [5, 5.41) is 11.2. The number of carbonyl (C=O) groups excluding carboxylic acids is 1. The second-order valence-corrected chi connectivity index (χ2v) is 4.44. The Bertz CT molecular complexity index is 547. The molecule has 0 N–H and O–H groups in total. The van der Waals surface area contributed by atoms with Crippen LogP contribution >= 0.6 is 0 Å². The van der Waals surface area contributed by atoms with E-state index in [-0.39, 0.29) is 18.8 Å². The maximum atomic E-state index is 11.6. The summed E-state index contributed by atoms with van der Waals surface area (Å²) in [4.78, 5) is 24.0. The largest absolute Gasteiger partial charge is 0.497 e. The number of hydrogen-bond donors (Lipinski definition) is 0. The van der Waals surface area contributed by atoms with Gasteiger partial charge < -0.3 is 19.1 Å². The fourth-order valence-corrected chi connectivity index (χ4v) is 2.18. The molecule has 0 radical (unpaired) electrons. The van der Waals surface area contributed by atoms with Gasteiger partial charge in [0.15, 0.2) is 6.10 Å². The van der Waals surface area contributed by atoms with Gasteiger partial charge in [-0.1, -0.05) is 0 Å². The molecule has 8 heteroatoms. The molecule has 1 unspecified atom stereocenters. The van der Waals surface area contributed by atoms with Gasteiger partial charge in [0, 0.05) is 18.7 Å². The Kier molecular flexibility index (Phi) is 4.59. The third-order valence-corrected chi connectivity index (χ3v) is 3.25. The van der Waals surface area contributed by atoms with E-state index in [9.17, 15) is 14.9 Å². The van der Waals surface area contributed by atoms with Crippen LogP contribution in [0, 0.1) is 10.1 Å². The van der Waals surface area contributed by atoms with Crippen molar-refractivity contribution in [2.75, 3.05) is 38.8 Å². The van der Waals surface area contributed by atoms with Crippen molar-refractivity contribution in [3.63, 3.8) is 0 Å². The topological polar surface area (TPSA) is 91.1 Å². The van der Waals surface area contributed by atoms with Gasteiger partial charge in [-0.05, 0) is 6.07 Å². The monoisotopic (exact) mass is 296 g/mol. The van der Waals surface area contributed by atoms with Crippen LogP contribution in [0.4, 0.5) is 11.4 Å². The van der Waals surface area contributed by atoms with Crippen LogP contribution in [0.25, 0.3) is 0 Å². The molecule has 1 fully saturated rings. The van der Waals surface area contributed by atoms with Crippen molar-refractivity contribution < 1.29 is 23.9 Å². The summed E-state index contributed by atoms with van der Waals surface area (Å²) < 4.78 is 15.1. The van der Waals surface area contributed by atoms with E-state index in [0.717, 1.165) is 0 Å². The van der Waals surface area contributed by atoms with E-state index in [1.54, 1.807) is 11.0 Å². The summed E-state index contributed by atoms with van der Waals surface area (Å²) in [5.74, 6) is 0.0157. The number of hydrogen-bond acceptors (Lipinski definition) is 7. The molecule has 0 bridgehead atoms. The third-order valence-electron chi connectivity index (χ3n) is 3.25. The van der Waals surface area contributed by atoms with Crippen LogP contribution in [0.5, 0.6) is 5.75 Å². The van der Waals surface area contributed by atoms with Gasteiger partial charge in [-0.15, -0.1) is 0 Å². The fourth-order valence-electron chi connectivity index (χ4n) is 2.18. The Balaban J connectivity index is 2.31. The van der Waals surface area contributed by atoms with Crippen LogP contribution < -0.4 is 9.64 Å². The van der Waals surface area contributed by atoms with Crippen LogP contribution in [0.1, 0.15) is 0 Å². The average Bonchev–Trinajstić information content (AvgIpc) is 2.53. The molecule has 1 atom stereocenters. The molecule has 0 amide bonds. The molecular formula is C13H16N2O6. The van der Waals surface area contributed by atoms with E-state index in [1.807, 2.05) is 0 Å². The van der Waals surface area contributed by atoms with Crippen molar-refractivity contribution in [3.8, 4) is 5.75 Å². The average molecular weight is 296 g/mol. The maximum absolute atomic E-state index is 11.6. The van der Waals surface area contributed by atoms with Gasteiger partial charge in [-0.3, -0.25) is 10.1 Å². The van der Waals surface area contributed by atoms with Gasteiger partial charge >= 0.3 is 5.97 Å². The summed E-state index contributed by atoms with van der Waals surface area (Å²) in [7, 11) is 2.76. The minimum absolute atomic E-state index is 0.0404. The Labute approximate surface area is 121 Å². The highest BCUT2D eigenvalue weighted by Crippen LogP contribution is 2.33. The van der Waals surface area contributed by atoms with Gasteiger partial charge in [-0.2, -0.15) is 0 Å². The number of ether oxygens (including phenoxy) is 3. The molecule has 114 valence electrons. The zero-order chi connectivity index (χ0) is 15.4. The highest BCUT2D eigenvalue weighted by Gasteiger charge is 2.30. The smallest absolute Gasteiger partial charge is 0.336 e. The van der Waals surface area contributed by atoms with E-state index < -0.39 is 17.0 Å². The zero-order valence-electron chi connectivity index (χ0n) is 11.8. The van der Waals surface area contributed by atoms with Crippen molar-refractivity contribution in [1.82, 2.24) is 0 Å². The summed E-state index contributed by atoms with van der Waals surface area (Å²) >= 11 is 0. The molecule has 2 rings (SSSR count). The highest BCUT2D eigenvalue weighted by molar-refractivity contribution is 5.76. The number of anilines is 1. The number of morpholine rings is 1. The predicted octanol–water partition coefficient (Wildman–Crippen LogP) is 0.982. The van der Waals surface area contributed by atoms with Crippen LogP contribution in [-0.4, -0.2) is 50.9 Å². The number of benzene rings is 1. The van der Waals surface area contributed by atoms with Crippen LogP contribution in [0.15, 0.2) is 18.2 Å². The highest BCUT2D eigenvalue weighted by atomic mass is 16.6. The van der Waals surface area contributed by atoms with E-state index >= 15 is 0 Å². The Morgan fingerprint density at radius 1 is 1.48 bits per heavy atom. The van der Waals surface area contributed by atoms with E-state index in [1.165, 1.54) is 26.4 Å². The molecule has 1 saturated heterocycles. The number of esters is 1. The maximum Gasteiger partial charge on any atom is 0.336 e. The Morgan fingerprint density at radius 3 is 2.86 bits per heavy atom. The lowest BCUT2D eigenvalue weighted by atomic mass is 10.2. The minimum Gasteiger partial charge on any atom is -0.497 e. The summed E-state index contributed by atoms with van der Waals surface area (Å²) in [6.07, 6.45) is -0.755. The number of carbonyl (C=O) groups is 1. The molecule has 1 aliphatic heterocycles. The Morgan fingerprint density at radius 2 is 2.24 bits per heavy atom. The number of nitro groups is 1. The fraction of sp³-hybridized carbons (Fsp3) is 0.462. The normalized spacial score (nSPS) is 18.2. The Hall–Kier alpha value is -2.35. The van der Waals surface area contributed by atoms with Gasteiger partial charge in [0.2, 0.25) is 0 Å². The molecule has 21 heavy (non-hydrogen) atoms. The molecule has 0 spiro atoms. The van der Waals surface area contributed by atoms with Crippen molar-refractivity contribution >= 4 is 17.3 Å². The van der Waals surface area contributed by atoms with Crippen LogP contribution in [-0.2, 0) is 14.3 Å². The van der Waals surface area contributed by atoms with Gasteiger partial charge in [0.1, 0.15) is 11.4 Å². The molecule has 1 aromatic carbocycles. The first kappa shape index (κ1) is 15.0. The third kappa shape index (κ3) is 3.22. The first-order chi connectivity index (χ1) is 10.1. The second kappa shape index (κ2) is 6.40. The molecule has 1 aromatic rings. The number of nitro benzene ring substituents is 1. The summed E-state index contributed by atoms with van der Waals surface area (Å²) in [6.45, 7) is 0.927. The minimum atomic E-state index is -0.755. The first-order valence-electron chi connectivity index (χ1n) is 6.33. The lowest BCUT2D eigenvalue weighted by Gasteiger charge is -2.32. The molecule has 8 nitrogen and oxygen atoms in total. The van der Waals surface area contributed by atoms with E-state index in [4.69, 9.17) is 9.47 Å². The van der Waals surface area contributed by atoms with Crippen molar-refractivity contribution in [2.24, 2.45) is 0 Å². The van der Waals surface area contributed by atoms with E-state index in [2.05, 4.69) is 4.74 Å². The lowest BCUT2D eigenvalue weighted by molar-refractivity contribution is -0.384. The van der Waals surface area contributed by atoms with Crippen LogP contribution in [0.3, 0.4) is 0 Å². The number of methoxy groups -OCH3 is 2. The van der Waals surface area contributed by atoms with Gasteiger partial charge in [0.05, 0.1) is 32.3 Å². The molecule has 0 saturated carbocycles. The summed E-state index contributed by atoms with van der Waals surface area (Å²) in [5.41, 5.74) is 0.359. The molecular weight excluding hydrogens is 280 g/mol.